The topological polar surface area (TPSA) is 55.9 Å². The molecule has 0 saturated carbocycles. The molecule has 2 aromatic carbocycles. The van der Waals surface area contributed by atoms with Crippen LogP contribution in [0.3, 0.4) is 0 Å². The summed E-state index contributed by atoms with van der Waals surface area (Å²) in [5.41, 5.74) is 2.12. The molecule has 0 bridgehead atoms. The summed E-state index contributed by atoms with van der Waals surface area (Å²) in [5, 5.41) is 2.92. The Labute approximate surface area is 178 Å². The van der Waals surface area contributed by atoms with Gasteiger partial charge in [-0.15, -0.1) is 0 Å². The minimum Gasteiger partial charge on any atom is -0.338 e. The zero-order valence-corrected chi connectivity index (χ0v) is 17.4. The zero-order chi connectivity index (χ0) is 20.8. The number of carbonyl (C=O) groups is 2. The van der Waals surface area contributed by atoms with E-state index < -0.39 is 0 Å². The Hall–Kier alpha value is -2.86. The molecule has 0 aromatic heterocycles. The molecule has 2 fully saturated rings. The predicted octanol–water partition coefficient (Wildman–Crippen LogP) is 3.07. The van der Waals surface area contributed by atoms with E-state index in [-0.39, 0.29) is 11.9 Å². The van der Waals surface area contributed by atoms with Crippen LogP contribution in [-0.2, 0) is 11.2 Å². The van der Waals surface area contributed by atoms with Crippen LogP contribution < -0.4 is 5.32 Å². The molecule has 2 aromatic rings. The molecule has 158 valence electrons. The van der Waals surface area contributed by atoms with Crippen LogP contribution in [0.4, 0.5) is 10.5 Å². The molecule has 2 saturated heterocycles. The molecule has 0 spiro atoms. The molecule has 1 atom stereocenters. The maximum absolute atomic E-state index is 12.9. The molecule has 3 amide bonds. The Kier molecular flexibility index (Phi) is 6.64. The highest BCUT2D eigenvalue weighted by molar-refractivity contribution is 5.89. The Morgan fingerprint density at radius 2 is 1.47 bits per heavy atom. The van der Waals surface area contributed by atoms with Gasteiger partial charge in [-0.2, -0.15) is 0 Å². The second kappa shape index (κ2) is 9.76. The average molecular weight is 407 g/mol. The Morgan fingerprint density at radius 3 is 2.17 bits per heavy atom. The van der Waals surface area contributed by atoms with Crippen molar-refractivity contribution in [1.29, 1.82) is 0 Å². The molecule has 2 aliphatic heterocycles. The molecule has 1 unspecified atom stereocenters. The molecule has 2 aliphatic rings. The number of urea groups is 1. The maximum Gasteiger partial charge on any atom is 0.321 e. The Bertz CT molecular complexity index is 835. The lowest BCUT2D eigenvalue weighted by molar-refractivity contribution is -0.134. The fourth-order valence-corrected chi connectivity index (χ4v) is 4.38. The first-order chi connectivity index (χ1) is 14.7. The van der Waals surface area contributed by atoms with Crippen LogP contribution in [0.25, 0.3) is 0 Å². The van der Waals surface area contributed by atoms with Crippen LogP contribution >= 0.6 is 0 Å². The number of anilines is 1. The Morgan fingerprint density at radius 1 is 0.833 bits per heavy atom. The first kappa shape index (κ1) is 20.4. The summed E-state index contributed by atoms with van der Waals surface area (Å²) >= 11 is 0. The maximum atomic E-state index is 12.9. The minimum atomic E-state index is -0.101. The quantitative estimate of drug-likeness (QED) is 0.830. The van der Waals surface area contributed by atoms with E-state index >= 15 is 0 Å². The van der Waals surface area contributed by atoms with Crippen molar-refractivity contribution >= 4 is 17.6 Å². The zero-order valence-electron chi connectivity index (χ0n) is 17.4. The van der Waals surface area contributed by atoms with E-state index in [2.05, 4.69) is 34.5 Å². The summed E-state index contributed by atoms with van der Waals surface area (Å²) in [5.74, 6) is 0.179. The molecule has 0 radical (unpaired) electrons. The monoisotopic (exact) mass is 406 g/mol. The molecule has 6 nitrogen and oxygen atoms in total. The van der Waals surface area contributed by atoms with Crippen molar-refractivity contribution in [1.82, 2.24) is 14.7 Å². The van der Waals surface area contributed by atoms with Crippen molar-refractivity contribution < 1.29 is 9.59 Å². The second-order valence-electron chi connectivity index (χ2n) is 8.12. The van der Waals surface area contributed by atoms with E-state index in [1.165, 1.54) is 5.56 Å². The van der Waals surface area contributed by atoms with Crippen molar-refractivity contribution in [2.45, 2.75) is 25.3 Å². The van der Waals surface area contributed by atoms with Gasteiger partial charge in [0.1, 0.15) is 0 Å². The van der Waals surface area contributed by atoms with Crippen LogP contribution in [0.2, 0.25) is 0 Å². The number of benzene rings is 2. The van der Waals surface area contributed by atoms with Gasteiger partial charge < -0.3 is 15.1 Å². The van der Waals surface area contributed by atoms with Gasteiger partial charge in [-0.3, -0.25) is 9.69 Å². The molecule has 4 rings (SSSR count). The summed E-state index contributed by atoms with van der Waals surface area (Å²) < 4.78 is 0. The van der Waals surface area contributed by atoms with Gasteiger partial charge in [-0.05, 0) is 43.5 Å². The number of piperazine rings is 1. The largest absolute Gasteiger partial charge is 0.338 e. The lowest BCUT2D eigenvalue weighted by atomic mass is 10.0. The number of rotatable bonds is 5. The standard InChI is InChI=1S/C24H30N4O2/c29-23(19-28-13-7-12-22(28)18-20-8-3-1-4-9-20)26-14-16-27(17-15-26)24(30)25-21-10-5-2-6-11-21/h1-6,8-11,22H,7,12-19H2,(H,25,30). The van der Waals surface area contributed by atoms with Gasteiger partial charge in [0.05, 0.1) is 6.54 Å². The summed E-state index contributed by atoms with van der Waals surface area (Å²) in [6, 6.07) is 20.3. The smallest absolute Gasteiger partial charge is 0.321 e. The number of hydrogen-bond donors (Lipinski definition) is 1. The average Bonchev–Trinajstić information content (AvgIpc) is 3.21. The third-order valence-corrected chi connectivity index (χ3v) is 6.10. The number of amides is 3. The van der Waals surface area contributed by atoms with Gasteiger partial charge in [-0.25, -0.2) is 4.79 Å². The lowest BCUT2D eigenvalue weighted by Crippen LogP contribution is -2.53. The van der Waals surface area contributed by atoms with Crippen molar-refractivity contribution in [2.75, 3.05) is 44.6 Å². The van der Waals surface area contributed by atoms with Crippen LogP contribution in [0.1, 0.15) is 18.4 Å². The molecular formula is C24H30N4O2. The van der Waals surface area contributed by atoms with Gasteiger partial charge in [0.2, 0.25) is 5.91 Å². The van der Waals surface area contributed by atoms with E-state index in [9.17, 15) is 9.59 Å². The highest BCUT2D eigenvalue weighted by Crippen LogP contribution is 2.21. The van der Waals surface area contributed by atoms with Crippen molar-refractivity contribution in [3.63, 3.8) is 0 Å². The summed E-state index contributed by atoms with van der Waals surface area (Å²) in [7, 11) is 0. The SMILES string of the molecule is O=C(CN1CCCC1Cc1ccccc1)N1CCN(C(=O)Nc2ccccc2)CC1. The van der Waals surface area contributed by atoms with Crippen LogP contribution in [-0.4, -0.2) is 71.9 Å². The van der Waals surface area contributed by atoms with Crippen molar-refractivity contribution in [2.24, 2.45) is 0 Å². The number of nitrogens with zero attached hydrogens (tertiary/aromatic N) is 3. The van der Waals surface area contributed by atoms with Gasteiger partial charge in [-0.1, -0.05) is 48.5 Å². The number of para-hydroxylation sites is 1. The van der Waals surface area contributed by atoms with Gasteiger partial charge in [0.15, 0.2) is 0 Å². The summed E-state index contributed by atoms with van der Waals surface area (Å²) in [6.07, 6.45) is 3.30. The van der Waals surface area contributed by atoms with Crippen molar-refractivity contribution in [3.05, 3.63) is 66.2 Å². The third kappa shape index (κ3) is 5.19. The normalized spacial score (nSPS) is 19.7. The first-order valence-electron chi connectivity index (χ1n) is 10.9. The van der Waals surface area contributed by atoms with Crippen LogP contribution in [0, 0.1) is 0 Å². The number of hydrogen-bond acceptors (Lipinski definition) is 3. The molecule has 1 N–H and O–H groups in total. The van der Waals surface area contributed by atoms with Gasteiger partial charge in [0.25, 0.3) is 0 Å². The second-order valence-corrected chi connectivity index (χ2v) is 8.12. The van der Waals surface area contributed by atoms with E-state index in [0.717, 1.165) is 31.5 Å². The van der Waals surface area contributed by atoms with Crippen LogP contribution in [0.15, 0.2) is 60.7 Å². The predicted molar refractivity (Wildman–Crippen MR) is 118 cm³/mol. The number of likely N-dealkylation sites (tertiary alicyclic amines) is 1. The molecule has 2 heterocycles. The summed E-state index contributed by atoms with van der Waals surface area (Å²) in [4.78, 5) is 31.4. The fraction of sp³-hybridized carbons (Fsp3) is 0.417. The first-order valence-corrected chi connectivity index (χ1v) is 10.9. The molecule has 30 heavy (non-hydrogen) atoms. The van der Waals surface area contributed by atoms with E-state index in [4.69, 9.17) is 0 Å². The lowest BCUT2D eigenvalue weighted by Gasteiger charge is -2.36. The van der Waals surface area contributed by atoms with Gasteiger partial charge >= 0.3 is 6.03 Å². The summed E-state index contributed by atoms with van der Waals surface area (Å²) in [6.45, 7) is 3.79. The van der Waals surface area contributed by atoms with E-state index in [1.807, 2.05) is 41.3 Å². The fourth-order valence-electron chi connectivity index (χ4n) is 4.38. The third-order valence-electron chi connectivity index (χ3n) is 6.10. The molecular weight excluding hydrogens is 376 g/mol. The molecule has 6 heteroatoms. The molecule has 0 aliphatic carbocycles. The van der Waals surface area contributed by atoms with Crippen LogP contribution in [0.5, 0.6) is 0 Å². The number of nitrogens with one attached hydrogen (secondary N) is 1. The van der Waals surface area contributed by atoms with Gasteiger partial charge in [0, 0.05) is 37.9 Å². The minimum absolute atomic E-state index is 0.101. The highest BCUT2D eigenvalue weighted by atomic mass is 16.2. The van der Waals surface area contributed by atoms with E-state index in [0.29, 0.717) is 38.8 Å². The van der Waals surface area contributed by atoms with Crippen molar-refractivity contribution in [3.8, 4) is 0 Å². The van der Waals surface area contributed by atoms with E-state index in [1.54, 1.807) is 4.90 Å². The number of carbonyl (C=O) groups excluding carboxylic acids is 2. The Balaban J connectivity index is 1.24. The highest BCUT2D eigenvalue weighted by Gasteiger charge is 2.30.